The van der Waals surface area contributed by atoms with Crippen LogP contribution in [0.2, 0.25) is 0 Å². The molecule has 222 valence electrons. The zero-order valence-electron chi connectivity index (χ0n) is 25.6. The number of nitriles is 1. The molecule has 2 atom stereocenters. The zero-order valence-corrected chi connectivity index (χ0v) is 25.6. The second-order valence-electron chi connectivity index (χ2n) is 13.5. The Labute approximate surface area is 242 Å². The highest BCUT2D eigenvalue weighted by molar-refractivity contribution is 5.88. The molecule has 3 rings (SSSR count). The molecule has 10 nitrogen and oxygen atoms in total. The van der Waals surface area contributed by atoms with Crippen molar-refractivity contribution in [2.24, 2.45) is 5.92 Å². The molecule has 2 aromatic rings. The Morgan fingerprint density at radius 2 is 1.49 bits per heavy atom. The molecular weight excluding hydrogens is 524 g/mol. The summed E-state index contributed by atoms with van der Waals surface area (Å²) in [5.74, 6) is -0.447. The average Bonchev–Trinajstić information content (AvgIpc) is 3.34. The van der Waals surface area contributed by atoms with Crippen molar-refractivity contribution in [1.82, 2.24) is 14.5 Å². The van der Waals surface area contributed by atoms with Crippen LogP contribution in [0.15, 0.2) is 36.8 Å². The Morgan fingerprint density at radius 1 is 0.951 bits per heavy atom. The fraction of sp³-hybridized carbons (Fsp3) is 0.581. The first-order valence-corrected chi connectivity index (χ1v) is 13.9. The minimum atomic E-state index is -0.937. The fourth-order valence-corrected chi connectivity index (χ4v) is 4.51. The number of hydrogen-bond donors (Lipinski definition) is 0. The number of hydrogen-bond acceptors (Lipinski definition) is 8. The first kappa shape index (κ1) is 31.7. The van der Waals surface area contributed by atoms with E-state index in [-0.39, 0.29) is 18.4 Å². The van der Waals surface area contributed by atoms with Gasteiger partial charge in [-0.1, -0.05) is 0 Å². The highest BCUT2D eigenvalue weighted by Crippen LogP contribution is 2.57. The summed E-state index contributed by atoms with van der Waals surface area (Å²) in [5.41, 5.74) is -1.23. The molecule has 1 fully saturated rings. The minimum Gasteiger partial charge on any atom is -0.459 e. The van der Waals surface area contributed by atoms with E-state index in [4.69, 9.17) is 19.5 Å². The molecule has 0 saturated heterocycles. The maximum atomic E-state index is 13.5. The van der Waals surface area contributed by atoms with Crippen LogP contribution in [0.25, 0.3) is 5.69 Å². The van der Waals surface area contributed by atoms with Crippen LogP contribution in [-0.2, 0) is 24.4 Å². The van der Waals surface area contributed by atoms with E-state index in [0.29, 0.717) is 30.5 Å². The number of rotatable bonds is 7. The summed E-state index contributed by atoms with van der Waals surface area (Å²) >= 11 is 0. The van der Waals surface area contributed by atoms with Gasteiger partial charge in [0.2, 0.25) is 0 Å². The summed E-state index contributed by atoms with van der Waals surface area (Å²) in [4.78, 5) is 44.8. The summed E-state index contributed by atoms with van der Waals surface area (Å²) in [6, 6.07) is 9.18. The largest absolute Gasteiger partial charge is 0.459 e. The quantitative estimate of drug-likeness (QED) is 0.283. The van der Waals surface area contributed by atoms with Gasteiger partial charge in [0, 0.05) is 18.4 Å². The highest BCUT2D eigenvalue weighted by atomic mass is 16.6. The van der Waals surface area contributed by atoms with Crippen molar-refractivity contribution in [2.75, 3.05) is 6.54 Å². The van der Waals surface area contributed by atoms with Crippen molar-refractivity contribution >= 4 is 18.2 Å². The number of amides is 2. The van der Waals surface area contributed by atoms with Gasteiger partial charge >= 0.3 is 18.2 Å². The van der Waals surface area contributed by atoms with Crippen LogP contribution in [0.1, 0.15) is 92.8 Å². The number of esters is 1. The topological polar surface area (TPSA) is 124 Å². The van der Waals surface area contributed by atoms with Gasteiger partial charge in [0.1, 0.15) is 22.2 Å². The van der Waals surface area contributed by atoms with E-state index in [1.54, 1.807) is 60.0 Å². The van der Waals surface area contributed by atoms with Crippen LogP contribution in [0.4, 0.5) is 9.59 Å². The van der Waals surface area contributed by atoms with Crippen molar-refractivity contribution in [1.29, 1.82) is 5.26 Å². The summed E-state index contributed by atoms with van der Waals surface area (Å²) in [5, 5.41) is 9.09. The predicted molar refractivity (Wildman–Crippen MR) is 152 cm³/mol. The molecule has 0 aliphatic heterocycles. The van der Waals surface area contributed by atoms with E-state index in [1.807, 2.05) is 43.7 Å². The summed E-state index contributed by atoms with van der Waals surface area (Å²) in [7, 11) is 0. The van der Waals surface area contributed by atoms with Crippen molar-refractivity contribution in [3.05, 3.63) is 48.0 Å². The molecule has 1 aromatic carbocycles. The lowest BCUT2D eigenvalue weighted by Gasteiger charge is -2.28. The predicted octanol–water partition coefficient (Wildman–Crippen LogP) is 6.30. The number of benzene rings is 1. The molecule has 0 spiro atoms. The Hall–Kier alpha value is -3.87. The molecule has 10 heteroatoms. The average molecular weight is 567 g/mol. The van der Waals surface area contributed by atoms with E-state index in [1.165, 1.54) is 0 Å². The Bertz CT molecular complexity index is 1280. The lowest BCUT2D eigenvalue weighted by Crippen LogP contribution is -2.44. The smallest absolute Gasteiger partial charge is 0.419 e. The standard InChI is InChI=1S/C31H42N4O6/c1-28(2,3)39-25(36)31(24-19-34(20-33-24)23-14-12-21(18-32)13-15-23)17-22(31)11-10-16-35(26(37)40-29(4,5)6)27(38)41-30(7,8)9/h12-15,19-20,22H,10-11,16-17H2,1-9H3/t22-,31+/m0/s1. The van der Waals surface area contributed by atoms with Crippen LogP contribution in [0, 0.1) is 17.2 Å². The first-order valence-electron chi connectivity index (χ1n) is 13.9. The van der Waals surface area contributed by atoms with Gasteiger partial charge in [0.05, 0.1) is 23.7 Å². The van der Waals surface area contributed by atoms with Gasteiger partial charge in [-0.3, -0.25) is 4.79 Å². The van der Waals surface area contributed by atoms with Gasteiger partial charge < -0.3 is 18.8 Å². The van der Waals surface area contributed by atoms with Crippen LogP contribution in [0.5, 0.6) is 0 Å². The third kappa shape index (κ3) is 8.32. The maximum absolute atomic E-state index is 13.5. The SMILES string of the molecule is CC(C)(C)OC(=O)N(CCC[C@H]1C[C@]1(C(=O)OC(C)(C)C)c1cn(-c2ccc(C#N)cc2)cn1)C(=O)OC(C)(C)C. The molecule has 1 saturated carbocycles. The van der Waals surface area contributed by atoms with Gasteiger partial charge in [0.25, 0.3) is 0 Å². The number of imidazole rings is 1. The Balaban J connectivity index is 1.80. The molecule has 0 radical (unpaired) electrons. The van der Waals surface area contributed by atoms with E-state index in [9.17, 15) is 14.4 Å². The van der Waals surface area contributed by atoms with E-state index >= 15 is 0 Å². The highest BCUT2D eigenvalue weighted by Gasteiger charge is 2.63. The van der Waals surface area contributed by atoms with Gasteiger partial charge in [0.15, 0.2) is 0 Å². The summed E-state index contributed by atoms with van der Waals surface area (Å²) < 4.78 is 18.5. The molecule has 41 heavy (non-hydrogen) atoms. The maximum Gasteiger partial charge on any atom is 0.419 e. The lowest BCUT2D eigenvalue weighted by atomic mass is 9.97. The van der Waals surface area contributed by atoms with Crippen LogP contribution >= 0.6 is 0 Å². The summed E-state index contributed by atoms with van der Waals surface area (Å²) in [6.07, 6.45) is 3.42. The zero-order chi connectivity index (χ0) is 30.8. The molecule has 0 N–H and O–H groups in total. The molecule has 1 aliphatic rings. The molecule has 1 aliphatic carbocycles. The molecular formula is C31H42N4O6. The molecule has 0 bridgehead atoms. The van der Waals surface area contributed by atoms with Gasteiger partial charge in [-0.2, -0.15) is 5.26 Å². The molecule has 0 unspecified atom stereocenters. The number of ether oxygens (including phenoxy) is 3. The second kappa shape index (κ2) is 11.6. The Morgan fingerprint density at radius 3 is 1.98 bits per heavy atom. The number of aromatic nitrogens is 2. The number of carbonyl (C=O) groups is 3. The third-order valence-corrected chi connectivity index (χ3v) is 6.36. The minimum absolute atomic E-state index is 0.0738. The van der Waals surface area contributed by atoms with Crippen molar-refractivity contribution in [3.8, 4) is 11.8 Å². The van der Waals surface area contributed by atoms with Gasteiger partial charge in [-0.05, 0) is 112 Å². The third-order valence-electron chi connectivity index (χ3n) is 6.36. The van der Waals surface area contributed by atoms with Crippen molar-refractivity contribution in [3.63, 3.8) is 0 Å². The normalized spacial score (nSPS) is 18.7. The second-order valence-corrected chi connectivity index (χ2v) is 13.5. The van der Waals surface area contributed by atoms with Crippen LogP contribution in [-0.4, -0.2) is 56.0 Å². The number of imide groups is 1. The summed E-state index contributed by atoms with van der Waals surface area (Å²) in [6.45, 7) is 15.9. The molecule has 1 aromatic heterocycles. The number of nitrogens with zero attached hydrogens (tertiary/aromatic N) is 4. The fourth-order valence-electron chi connectivity index (χ4n) is 4.51. The van der Waals surface area contributed by atoms with E-state index < -0.39 is 34.4 Å². The van der Waals surface area contributed by atoms with E-state index in [0.717, 1.165) is 10.6 Å². The van der Waals surface area contributed by atoms with E-state index in [2.05, 4.69) is 11.1 Å². The Kier molecular flexibility index (Phi) is 8.92. The van der Waals surface area contributed by atoms with Crippen molar-refractivity contribution in [2.45, 2.75) is 104 Å². The first-order chi connectivity index (χ1) is 18.8. The van der Waals surface area contributed by atoms with Crippen LogP contribution < -0.4 is 0 Å². The van der Waals surface area contributed by atoms with Gasteiger partial charge in [-0.15, -0.1) is 0 Å². The lowest BCUT2D eigenvalue weighted by molar-refractivity contribution is -0.158. The monoisotopic (exact) mass is 566 g/mol. The van der Waals surface area contributed by atoms with Crippen molar-refractivity contribution < 1.29 is 28.6 Å². The molecule has 2 amide bonds. The number of carbonyl (C=O) groups excluding carboxylic acids is 3. The molecule has 1 heterocycles. The van der Waals surface area contributed by atoms with Gasteiger partial charge in [-0.25, -0.2) is 19.5 Å². The van der Waals surface area contributed by atoms with Crippen LogP contribution in [0.3, 0.4) is 0 Å².